The van der Waals surface area contributed by atoms with Crippen molar-refractivity contribution in [3.05, 3.63) is 23.3 Å². The molecule has 1 aliphatic rings. The molecule has 1 aliphatic heterocycles. The monoisotopic (exact) mass is 269 g/mol. The molecule has 0 unspecified atom stereocenters. The summed E-state index contributed by atoms with van der Waals surface area (Å²) in [6, 6.07) is 4.17. The minimum atomic E-state index is 0.636. The summed E-state index contributed by atoms with van der Waals surface area (Å²) in [7, 11) is 2.11. The van der Waals surface area contributed by atoms with Gasteiger partial charge in [-0.2, -0.15) is 0 Å². The Balaban J connectivity index is 2.08. The van der Waals surface area contributed by atoms with E-state index in [1.54, 1.807) is 0 Å². The topological polar surface area (TPSA) is 21.7 Å². The number of benzene rings is 1. The Morgan fingerprint density at radius 3 is 2.56 bits per heavy atom. The number of aryl methyl sites for hydroxylation is 1. The quantitative estimate of drug-likeness (QED) is 0.768. The zero-order chi connectivity index (χ0) is 13.0. The molecule has 1 heterocycles. The molecular weight excluding hydrogens is 250 g/mol. The molecule has 0 amide bonds. The van der Waals surface area contributed by atoms with Crippen LogP contribution in [0.3, 0.4) is 0 Å². The lowest BCUT2D eigenvalue weighted by Gasteiger charge is -2.22. The number of halogens is 1. The van der Waals surface area contributed by atoms with Crippen LogP contribution in [0.15, 0.2) is 12.1 Å². The molecule has 0 aliphatic carbocycles. The third kappa shape index (κ3) is 3.30. The molecule has 0 radical (unpaired) electrons. The van der Waals surface area contributed by atoms with Crippen molar-refractivity contribution in [3.8, 4) is 11.5 Å². The van der Waals surface area contributed by atoms with Gasteiger partial charge in [0.1, 0.15) is 13.2 Å². The summed E-state index contributed by atoms with van der Waals surface area (Å²) < 4.78 is 11.2. The zero-order valence-electron chi connectivity index (χ0n) is 11.0. The maximum Gasteiger partial charge on any atom is 0.161 e. The average Bonchev–Trinajstić information content (AvgIpc) is 2.37. The zero-order valence-corrected chi connectivity index (χ0v) is 11.8. The Labute approximate surface area is 114 Å². The fraction of sp³-hybridized carbons (Fsp3) is 0.571. The largest absolute Gasteiger partial charge is 0.486 e. The number of nitrogens with zero attached hydrogens (tertiary/aromatic N) is 1. The molecular formula is C14H20ClNO2. The minimum Gasteiger partial charge on any atom is -0.486 e. The van der Waals surface area contributed by atoms with Gasteiger partial charge in [-0.05, 0) is 50.2 Å². The highest BCUT2D eigenvalue weighted by Gasteiger charge is 2.14. The Morgan fingerprint density at radius 1 is 1.22 bits per heavy atom. The first kappa shape index (κ1) is 13.5. The predicted molar refractivity (Wildman–Crippen MR) is 73.8 cm³/mol. The number of hydrogen-bond acceptors (Lipinski definition) is 3. The van der Waals surface area contributed by atoms with Crippen molar-refractivity contribution >= 4 is 11.6 Å². The number of alkyl halides is 1. The lowest BCUT2D eigenvalue weighted by molar-refractivity contribution is 0.171. The first-order valence-electron chi connectivity index (χ1n) is 6.34. The fourth-order valence-electron chi connectivity index (χ4n) is 2.10. The number of ether oxygens (including phenoxy) is 2. The molecule has 4 heteroatoms. The summed E-state index contributed by atoms with van der Waals surface area (Å²) in [6.45, 7) is 5.32. The van der Waals surface area contributed by atoms with Gasteiger partial charge in [-0.25, -0.2) is 0 Å². The highest BCUT2D eigenvalue weighted by atomic mass is 35.5. The molecule has 100 valence electrons. The van der Waals surface area contributed by atoms with Crippen LogP contribution in [0, 0.1) is 6.92 Å². The van der Waals surface area contributed by atoms with Crippen molar-refractivity contribution < 1.29 is 9.47 Å². The van der Waals surface area contributed by atoms with Crippen molar-refractivity contribution in [2.45, 2.75) is 19.9 Å². The fourth-order valence-corrected chi connectivity index (χ4v) is 2.22. The van der Waals surface area contributed by atoms with Gasteiger partial charge in [0.25, 0.3) is 0 Å². The van der Waals surface area contributed by atoms with E-state index in [1.807, 2.05) is 0 Å². The second-order valence-electron chi connectivity index (χ2n) is 4.70. The van der Waals surface area contributed by atoms with E-state index in [2.05, 4.69) is 31.0 Å². The van der Waals surface area contributed by atoms with Crippen LogP contribution < -0.4 is 9.47 Å². The van der Waals surface area contributed by atoms with Crippen LogP contribution in [0.2, 0.25) is 0 Å². The highest BCUT2D eigenvalue weighted by Crippen LogP contribution is 2.33. The smallest absolute Gasteiger partial charge is 0.161 e. The van der Waals surface area contributed by atoms with Crippen LogP contribution in [0.25, 0.3) is 0 Å². The van der Waals surface area contributed by atoms with Crippen molar-refractivity contribution in [1.82, 2.24) is 4.90 Å². The number of rotatable bonds is 5. The minimum absolute atomic E-state index is 0.636. The van der Waals surface area contributed by atoms with Crippen molar-refractivity contribution in [2.24, 2.45) is 0 Å². The SMILES string of the molecule is Cc1cc2c(cc1CN(C)CCCCl)OCCO2. The molecule has 1 aromatic rings. The molecule has 0 bridgehead atoms. The van der Waals surface area contributed by atoms with Crippen LogP contribution in [0.5, 0.6) is 11.5 Å². The lowest BCUT2D eigenvalue weighted by Crippen LogP contribution is -2.21. The maximum absolute atomic E-state index is 5.71. The van der Waals surface area contributed by atoms with Gasteiger partial charge >= 0.3 is 0 Å². The van der Waals surface area contributed by atoms with Crippen molar-refractivity contribution in [2.75, 3.05) is 32.7 Å². The second kappa shape index (κ2) is 6.30. The van der Waals surface area contributed by atoms with Gasteiger partial charge in [0.05, 0.1) is 0 Å². The molecule has 1 aromatic carbocycles. The standard InChI is InChI=1S/C14H20ClNO2/c1-11-8-13-14(18-7-6-17-13)9-12(11)10-16(2)5-3-4-15/h8-9H,3-7,10H2,1-2H3. The van der Waals surface area contributed by atoms with Crippen LogP contribution in [-0.2, 0) is 6.54 Å². The van der Waals surface area contributed by atoms with Crippen LogP contribution >= 0.6 is 11.6 Å². The third-order valence-corrected chi connectivity index (χ3v) is 3.38. The van der Waals surface area contributed by atoms with E-state index in [-0.39, 0.29) is 0 Å². The van der Waals surface area contributed by atoms with Gasteiger partial charge in [0.15, 0.2) is 11.5 Å². The van der Waals surface area contributed by atoms with Crippen LogP contribution in [0.4, 0.5) is 0 Å². The second-order valence-corrected chi connectivity index (χ2v) is 5.08. The van der Waals surface area contributed by atoms with E-state index < -0.39 is 0 Å². The predicted octanol–water partition coefficient (Wildman–Crippen LogP) is 2.83. The summed E-state index contributed by atoms with van der Waals surface area (Å²) in [5, 5.41) is 0. The van der Waals surface area contributed by atoms with Gasteiger partial charge in [-0.15, -0.1) is 11.6 Å². The van der Waals surface area contributed by atoms with E-state index >= 15 is 0 Å². The van der Waals surface area contributed by atoms with Crippen LogP contribution in [-0.4, -0.2) is 37.6 Å². The van der Waals surface area contributed by atoms with Crippen molar-refractivity contribution in [1.29, 1.82) is 0 Å². The number of fused-ring (bicyclic) bond motifs is 1. The maximum atomic E-state index is 5.71. The normalized spacial score (nSPS) is 14.0. The third-order valence-electron chi connectivity index (χ3n) is 3.11. The summed E-state index contributed by atoms with van der Waals surface area (Å²) in [5.41, 5.74) is 2.54. The molecule has 18 heavy (non-hydrogen) atoms. The first-order valence-corrected chi connectivity index (χ1v) is 6.88. The molecule has 0 spiro atoms. The molecule has 0 aromatic heterocycles. The van der Waals surface area contributed by atoms with E-state index in [4.69, 9.17) is 21.1 Å². The Morgan fingerprint density at radius 2 is 1.89 bits per heavy atom. The van der Waals surface area contributed by atoms with E-state index in [9.17, 15) is 0 Å². The Kier molecular flexibility index (Phi) is 4.72. The number of hydrogen-bond donors (Lipinski definition) is 0. The van der Waals surface area contributed by atoms with E-state index in [1.165, 1.54) is 11.1 Å². The lowest BCUT2D eigenvalue weighted by atomic mass is 10.1. The molecule has 0 atom stereocenters. The van der Waals surface area contributed by atoms with Gasteiger partial charge in [-0.3, -0.25) is 0 Å². The average molecular weight is 270 g/mol. The van der Waals surface area contributed by atoms with Crippen molar-refractivity contribution in [3.63, 3.8) is 0 Å². The van der Waals surface area contributed by atoms with Gasteiger partial charge < -0.3 is 14.4 Å². The first-order chi connectivity index (χ1) is 8.70. The molecule has 0 N–H and O–H groups in total. The molecule has 0 fully saturated rings. The van der Waals surface area contributed by atoms with Crippen LogP contribution in [0.1, 0.15) is 17.5 Å². The van der Waals surface area contributed by atoms with Gasteiger partial charge in [0, 0.05) is 12.4 Å². The highest BCUT2D eigenvalue weighted by molar-refractivity contribution is 6.17. The Bertz CT molecular complexity index is 409. The molecule has 0 saturated heterocycles. The summed E-state index contributed by atoms with van der Waals surface area (Å²) in [4.78, 5) is 2.28. The van der Waals surface area contributed by atoms with E-state index in [0.29, 0.717) is 19.1 Å². The summed E-state index contributed by atoms with van der Waals surface area (Å²) in [5.74, 6) is 2.45. The van der Waals surface area contributed by atoms with Gasteiger partial charge in [-0.1, -0.05) is 0 Å². The molecule has 3 nitrogen and oxygen atoms in total. The summed E-state index contributed by atoms with van der Waals surface area (Å²) >= 11 is 5.71. The van der Waals surface area contributed by atoms with Gasteiger partial charge in [0.2, 0.25) is 0 Å². The Hall–Kier alpha value is -0.930. The summed E-state index contributed by atoms with van der Waals surface area (Å²) in [6.07, 6.45) is 1.02. The molecule has 0 saturated carbocycles. The van der Waals surface area contributed by atoms with E-state index in [0.717, 1.165) is 31.0 Å². The molecule has 2 rings (SSSR count).